The highest BCUT2D eigenvalue weighted by Crippen LogP contribution is 2.31. The number of carbonyl (C=O) groups excluding carboxylic acids is 1. The normalized spacial score (nSPS) is 11.8. The smallest absolute Gasteiger partial charge is 0.264 e. The van der Waals surface area contributed by atoms with Crippen molar-refractivity contribution in [2.45, 2.75) is 37.6 Å². The van der Waals surface area contributed by atoms with Crippen LogP contribution in [-0.2, 0) is 14.8 Å². The van der Waals surface area contributed by atoms with Crippen LogP contribution < -0.4 is 14.4 Å². The van der Waals surface area contributed by atoms with Crippen molar-refractivity contribution in [2.24, 2.45) is 0 Å². The number of anilines is 1. The Balaban J connectivity index is 2.47. The Kier molecular flexibility index (Phi) is 6.96. The van der Waals surface area contributed by atoms with Gasteiger partial charge >= 0.3 is 0 Å². The molecule has 2 aromatic rings. The second kappa shape index (κ2) is 8.84. The SMILES string of the molecule is CCC(C)(C)NC(=O)CN(c1ccc(OC)c(Cl)c1)S(=O)(=O)c1ccccc1. The summed E-state index contributed by atoms with van der Waals surface area (Å²) in [6.07, 6.45) is 0.707. The van der Waals surface area contributed by atoms with Crippen LogP contribution in [0, 0.1) is 0 Å². The van der Waals surface area contributed by atoms with E-state index in [9.17, 15) is 13.2 Å². The lowest BCUT2D eigenvalue weighted by molar-refractivity contribution is -0.121. The van der Waals surface area contributed by atoms with Gasteiger partial charge in [0.1, 0.15) is 12.3 Å². The number of rotatable bonds is 8. The van der Waals surface area contributed by atoms with Crippen molar-refractivity contribution in [3.63, 3.8) is 0 Å². The van der Waals surface area contributed by atoms with Gasteiger partial charge in [-0.2, -0.15) is 0 Å². The number of carbonyl (C=O) groups is 1. The van der Waals surface area contributed by atoms with Crippen LogP contribution in [0.5, 0.6) is 5.75 Å². The molecule has 0 aliphatic carbocycles. The van der Waals surface area contributed by atoms with E-state index in [1.807, 2.05) is 20.8 Å². The van der Waals surface area contributed by atoms with E-state index in [1.165, 1.54) is 25.3 Å². The summed E-state index contributed by atoms with van der Waals surface area (Å²) in [6, 6.07) is 12.6. The Morgan fingerprint density at radius 3 is 2.36 bits per heavy atom. The fourth-order valence-electron chi connectivity index (χ4n) is 2.48. The van der Waals surface area contributed by atoms with Crippen LogP contribution in [0.4, 0.5) is 5.69 Å². The maximum absolute atomic E-state index is 13.2. The standard InChI is InChI=1S/C20H25ClN2O4S/c1-5-20(2,3)22-19(24)14-23(15-11-12-18(27-4)17(21)13-15)28(25,26)16-9-7-6-8-10-16/h6-13H,5,14H2,1-4H3,(H,22,24). The summed E-state index contributed by atoms with van der Waals surface area (Å²) in [5.74, 6) is 0.0114. The summed E-state index contributed by atoms with van der Waals surface area (Å²) in [4.78, 5) is 12.7. The molecule has 28 heavy (non-hydrogen) atoms. The summed E-state index contributed by atoms with van der Waals surface area (Å²) >= 11 is 6.19. The molecule has 2 rings (SSSR count). The van der Waals surface area contributed by atoms with E-state index in [0.717, 1.165) is 4.31 Å². The molecule has 1 N–H and O–H groups in total. The van der Waals surface area contributed by atoms with Crippen LogP contribution in [0.25, 0.3) is 0 Å². The molecular weight excluding hydrogens is 400 g/mol. The molecular formula is C20H25ClN2O4S. The number of halogens is 1. The van der Waals surface area contributed by atoms with Crippen LogP contribution in [-0.4, -0.2) is 33.5 Å². The number of amides is 1. The second-order valence-electron chi connectivity index (χ2n) is 6.93. The molecule has 1 amide bonds. The van der Waals surface area contributed by atoms with Crippen LogP contribution in [0.2, 0.25) is 5.02 Å². The van der Waals surface area contributed by atoms with E-state index < -0.39 is 21.5 Å². The molecule has 0 aliphatic heterocycles. The molecule has 152 valence electrons. The number of nitrogens with one attached hydrogen (secondary N) is 1. The summed E-state index contributed by atoms with van der Waals surface area (Å²) in [6.45, 7) is 5.34. The first-order valence-electron chi connectivity index (χ1n) is 8.83. The van der Waals surface area contributed by atoms with Gasteiger partial charge in [0.25, 0.3) is 10.0 Å². The Morgan fingerprint density at radius 2 is 1.82 bits per heavy atom. The Morgan fingerprint density at radius 1 is 1.18 bits per heavy atom. The summed E-state index contributed by atoms with van der Waals surface area (Å²) in [7, 11) is -2.50. The topological polar surface area (TPSA) is 75.7 Å². The van der Waals surface area contributed by atoms with Gasteiger partial charge in [-0.15, -0.1) is 0 Å². The summed E-state index contributed by atoms with van der Waals surface area (Å²) in [5, 5.41) is 3.12. The minimum atomic E-state index is -3.97. The van der Waals surface area contributed by atoms with Crippen LogP contribution in [0.3, 0.4) is 0 Å². The first-order valence-corrected chi connectivity index (χ1v) is 10.6. The number of nitrogens with zero attached hydrogens (tertiary/aromatic N) is 1. The van der Waals surface area contributed by atoms with Crippen molar-refractivity contribution in [1.82, 2.24) is 5.32 Å². The van der Waals surface area contributed by atoms with Gasteiger partial charge in [-0.05, 0) is 50.6 Å². The third-order valence-electron chi connectivity index (χ3n) is 4.40. The monoisotopic (exact) mass is 424 g/mol. The van der Waals surface area contributed by atoms with E-state index in [0.29, 0.717) is 12.2 Å². The first-order chi connectivity index (χ1) is 13.1. The van der Waals surface area contributed by atoms with Crippen molar-refractivity contribution >= 4 is 33.2 Å². The molecule has 0 spiro atoms. The van der Waals surface area contributed by atoms with Crippen molar-refractivity contribution in [2.75, 3.05) is 18.0 Å². The quantitative estimate of drug-likeness (QED) is 0.698. The highest BCUT2D eigenvalue weighted by molar-refractivity contribution is 7.92. The molecule has 2 aromatic carbocycles. The Bertz CT molecular complexity index is 930. The largest absolute Gasteiger partial charge is 0.495 e. The van der Waals surface area contributed by atoms with Gasteiger partial charge in [-0.25, -0.2) is 8.42 Å². The zero-order valence-corrected chi connectivity index (χ0v) is 18.0. The van der Waals surface area contributed by atoms with Gasteiger partial charge in [-0.1, -0.05) is 36.7 Å². The zero-order valence-electron chi connectivity index (χ0n) is 16.4. The second-order valence-corrected chi connectivity index (χ2v) is 9.20. The number of ether oxygens (including phenoxy) is 1. The van der Waals surface area contributed by atoms with E-state index in [2.05, 4.69) is 5.32 Å². The fraction of sp³-hybridized carbons (Fsp3) is 0.350. The van der Waals surface area contributed by atoms with E-state index in [-0.39, 0.29) is 22.2 Å². The maximum atomic E-state index is 13.2. The number of methoxy groups -OCH3 is 1. The van der Waals surface area contributed by atoms with E-state index >= 15 is 0 Å². The lowest BCUT2D eigenvalue weighted by Gasteiger charge is -2.28. The van der Waals surface area contributed by atoms with E-state index in [4.69, 9.17) is 16.3 Å². The third kappa shape index (κ3) is 5.17. The molecule has 0 atom stereocenters. The van der Waals surface area contributed by atoms with Gasteiger partial charge in [0.05, 0.1) is 22.7 Å². The van der Waals surface area contributed by atoms with Gasteiger partial charge in [0.15, 0.2) is 0 Å². The summed E-state index contributed by atoms with van der Waals surface area (Å²) in [5.41, 5.74) is -0.171. The van der Waals surface area contributed by atoms with Gasteiger partial charge in [0.2, 0.25) is 5.91 Å². The van der Waals surface area contributed by atoms with Crippen molar-refractivity contribution in [3.8, 4) is 5.75 Å². The Labute approximate surface area is 171 Å². The van der Waals surface area contributed by atoms with Crippen molar-refractivity contribution < 1.29 is 17.9 Å². The fourth-order valence-corrected chi connectivity index (χ4v) is 4.17. The minimum Gasteiger partial charge on any atom is -0.495 e. The van der Waals surface area contributed by atoms with Crippen LogP contribution in [0.1, 0.15) is 27.2 Å². The lowest BCUT2D eigenvalue weighted by Crippen LogP contribution is -2.48. The molecule has 0 saturated heterocycles. The molecule has 8 heteroatoms. The number of benzene rings is 2. The minimum absolute atomic E-state index is 0.0875. The molecule has 0 aliphatic rings. The number of hydrogen-bond acceptors (Lipinski definition) is 4. The van der Waals surface area contributed by atoms with Crippen molar-refractivity contribution in [1.29, 1.82) is 0 Å². The molecule has 0 radical (unpaired) electrons. The highest BCUT2D eigenvalue weighted by Gasteiger charge is 2.29. The van der Waals surface area contributed by atoms with Crippen LogP contribution in [0.15, 0.2) is 53.4 Å². The predicted octanol–water partition coefficient (Wildman–Crippen LogP) is 3.85. The molecule has 0 unspecified atom stereocenters. The maximum Gasteiger partial charge on any atom is 0.264 e. The van der Waals surface area contributed by atoms with Crippen LogP contribution >= 0.6 is 11.6 Å². The van der Waals surface area contributed by atoms with E-state index in [1.54, 1.807) is 30.3 Å². The van der Waals surface area contributed by atoms with Gasteiger partial charge in [-0.3, -0.25) is 9.10 Å². The molecule has 0 fully saturated rings. The average Bonchev–Trinajstić information content (AvgIpc) is 2.66. The van der Waals surface area contributed by atoms with Gasteiger partial charge < -0.3 is 10.1 Å². The van der Waals surface area contributed by atoms with Crippen molar-refractivity contribution in [3.05, 3.63) is 53.6 Å². The molecule has 0 heterocycles. The zero-order chi connectivity index (χ0) is 20.9. The predicted molar refractivity (Wildman–Crippen MR) is 111 cm³/mol. The highest BCUT2D eigenvalue weighted by atomic mass is 35.5. The summed E-state index contributed by atoms with van der Waals surface area (Å²) < 4.78 is 32.7. The lowest BCUT2D eigenvalue weighted by atomic mass is 10.0. The molecule has 0 saturated carbocycles. The molecule has 6 nitrogen and oxygen atoms in total. The molecule has 0 aromatic heterocycles. The Hall–Kier alpha value is -2.25. The number of hydrogen-bond donors (Lipinski definition) is 1. The van der Waals surface area contributed by atoms with Gasteiger partial charge in [0, 0.05) is 5.54 Å². The first kappa shape index (κ1) is 22.0. The third-order valence-corrected chi connectivity index (χ3v) is 6.49. The molecule has 0 bridgehead atoms. The number of sulfonamides is 1. The average molecular weight is 425 g/mol.